The molecule has 0 spiro atoms. The summed E-state index contributed by atoms with van der Waals surface area (Å²) in [6, 6.07) is 66.7. The standard InChI is InChI=1S/C48H30N2/c1-3-15-33(16-4-1)49-43-25-12-11-21-38(43)41-24-13-23-36(47(41)49)32-27-29-44-42(30-32)46-45-35-19-8-7-14-31(35)26-28-39(45)37-20-9-10-22-40(37)48(46)50(44)34-17-5-2-6-18-34/h1-30H. The highest BCUT2D eigenvalue weighted by molar-refractivity contribution is 6.37. The van der Waals surface area contributed by atoms with Gasteiger partial charge in [-0.15, -0.1) is 0 Å². The molecule has 0 unspecified atom stereocenters. The van der Waals surface area contributed by atoms with Gasteiger partial charge in [0.05, 0.1) is 22.1 Å². The molecule has 2 heteroatoms. The highest BCUT2D eigenvalue weighted by Gasteiger charge is 2.22. The Labute approximate surface area is 288 Å². The molecule has 0 aliphatic heterocycles. The summed E-state index contributed by atoms with van der Waals surface area (Å²) in [4.78, 5) is 0. The van der Waals surface area contributed by atoms with Gasteiger partial charge in [0, 0.05) is 49.3 Å². The molecule has 50 heavy (non-hydrogen) atoms. The van der Waals surface area contributed by atoms with Crippen molar-refractivity contribution in [2.24, 2.45) is 0 Å². The van der Waals surface area contributed by atoms with E-state index >= 15 is 0 Å². The van der Waals surface area contributed by atoms with Gasteiger partial charge in [-0.2, -0.15) is 0 Å². The van der Waals surface area contributed by atoms with Crippen molar-refractivity contribution in [2.45, 2.75) is 0 Å². The molecule has 0 saturated heterocycles. The van der Waals surface area contributed by atoms with E-state index in [1.807, 2.05) is 0 Å². The van der Waals surface area contributed by atoms with Gasteiger partial charge in [0.1, 0.15) is 0 Å². The fourth-order valence-corrected chi connectivity index (χ4v) is 8.60. The van der Waals surface area contributed by atoms with Crippen molar-refractivity contribution < 1.29 is 0 Å². The zero-order valence-corrected chi connectivity index (χ0v) is 27.2. The SMILES string of the molecule is c1ccc(-n2c3ccccc3c3cccc(-c4ccc5c(c4)c4c6c7ccccc7ccc6c6ccccc6c4n5-c4ccccc4)c32)cc1. The molecule has 0 fully saturated rings. The molecule has 11 aromatic rings. The average molecular weight is 635 g/mol. The summed E-state index contributed by atoms with van der Waals surface area (Å²) >= 11 is 0. The van der Waals surface area contributed by atoms with E-state index in [0.717, 1.165) is 11.4 Å². The second-order valence-electron chi connectivity index (χ2n) is 13.3. The third kappa shape index (κ3) is 3.73. The van der Waals surface area contributed by atoms with Crippen LogP contribution in [-0.4, -0.2) is 9.13 Å². The quantitative estimate of drug-likeness (QED) is 0.171. The Kier molecular flexibility index (Phi) is 5.70. The van der Waals surface area contributed by atoms with E-state index in [2.05, 4.69) is 191 Å². The Morgan fingerprint density at radius 2 is 0.880 bits per heavy atom. The third-order valence-corrected chi connectivity index (χ3v) is 10.7. The number of para-hydroxylation sites is 4. The minimum Gasteiger partial charge on any atom is -0.309 e. The van der Waals surface area contributed by atoms with Crippen LogP contribution in [-0.2, 0) is 0 Å². The summed E-state index contributed by atoms with van der Waals surface area (Å²) in [7, 11) is 0. The lowest BCUT2D eigenvalue weighted by Crippen LogP contribution is -1.95. The number of fused-ring (bicyclic) bond motifs is 13. The third-order valence-electron chi connectivity index (χ3n) is 10.7. The molecule has 2 nitrogen and oxygen atoms in total. The van der Waals surface area contributed by atoms with Crippen molar-refractivity contribution in [3.05, 3.63) is 182 Å². The monoisotopic (exact) mass is 634 g/mol. The molecule has 0 atom stereocenters. The first-order valence-electron chi connectivity index (χ1n) is 17.3. The maximum Gasteiger partial charge on any atom is 0.0626 e. The Morgan fingerprint density at radius 1 is 0.300 bits per heavy atom. The van der Waals surface area contributed by atoms with Crippen LogP contribution in [0.5, 0.6) is 0 Å². The van der Waals surface area contributed by atoms with Gasteiger partial charge >= 0.3 is 0 Å². The molecule has 2 heterocycles. The summed E-state index contributed by atoms with van der Waals surface area (Å²) in [5.41, 5.74) is 9.65. The normalized spacial score (nSPS) is 12.0. The second kappa shape index (κ2) is 10.4. The van der Waals surface area contributed by atoms with Gasteiger partial charge in [0.25, 0.3) is 0 Å². The second-order valence-corrected chi connectivity index (χ2v) is 13.3. The van der Waals surface area contributed by atoms with E-state index in [1.54, 1.807) is 0 Å². The van der Waals surface area contributed by atoms with E-state index in [-0.39, 0.29) is 0 Å². The molecule has 2 aromatic heterocycles. The van der Waals surface area contributed by atoms with E-state index in [4.69, 9.17) is 0 Å². The number of hydrogen-bond acceptors (Lipinski definition) is 0. The summed E-state index contributed by atoms with van der Waals surface area (Å²) in [6.45, 7) is 0. The van der Waals surface area contributed by atoms with Crippen molar-refractivity contribution in [2.75, 3.05) is 0 Å². The Hall–Kier alpha value is -6.64. The maximum atomic E-state index is 2.49. The lowest BCUT2D eigenvalue weighted by atomic mass is 9.92. The molecule has 0 radical (unpaired) electrons. The van der Waals surface area contributed by atoms with Gasteiger partial charge in [-0.3, -0.25) is 0 Å². The molecule has 9 aromatic carbocycles. The molecule has 11 rings (SSSR count). The molecule has 232 valence electrons. The van der Waals surface area contributed by atoms with Gasteiger partial charge < -0.3 is 9.13 Å². The minimum atomic E-state index is 1.16. The van der Waals surface area contributed by atoms with Crippen molar-refractivity contribution in [1.29, 1.82) is 0 Å². The fraction of sp³-hybridized carbons (Fsp3) is 0. The first-order chi connectivity index (χ1) is 24.8. The van der Waals surface area contributed by atoms with Crippen LogP contribution < -0.4 is 0 Å². The Bertz CT molecular complexity index is 3130. The Morgan fingerprint density at radius 3 is 1.66 bits per heavy atom. The van der Waals surface area contributed by atoms with E-state index < -0.39 is 0 Å². The van der Waals surface area contributed by atoms with Gasteiger partial charge in [-0.05, 0) is 69.6 Å². The highest BCUT2D eigenvalue weighted by Crippen LogP contribution is 2.46. The highest BCUT2D eigenvalue weighted by atomic mass is 15.0. The number of nitrogens with zero attached hydrogens (tertiary/aromatic N) is 2. The number of rotatable bonds is 3. The number of hydrogen-bond donors (Lipinski definition) is 0. The van der Waals surface area contributed by atoms with Gasteiger partial charge in [0.15, 0.2) is 0 Å². The van der Waals surface area contributed by atoms with E-state index in [1.165, 1.54) is 87.1 Å². The van der Waals surface area contributed by atoms with Crippen LogP contribution in [0.25, 0.3) is 98.4 Å². The molecular formula is C48H30N2. The van der Waals surface area contributed by atoms with E-state index in [9.17, 15) is 0 Å². The van der Waals surface area contributed by atoms with Crippen molar-refractivity contribution in [1.82, 2.24) is 9.13 Å². The van der Waals surface area contributed by atoms with Crippen molar-refractivity contribution in [3.8, 4) is 22.5 Å². The zero-order chi connectivity index (χ0) is 32.8. The predicted molar refractivity (Wildman–Crippen MR) is 213 cm³/mol. The van der Waals surface area contributed by atoms with Crippen LogP contribution in [0.15, 0.2) is 182 Å². The molecule has 0 saturated carbocycles. The molecular weight excluding hydrogens is 605 g/mol. The van der Waals surface area contributed by atoms with Crippen LogP contribution in [0.2, 0.25) is 0 Å². The molecule has 0 bridgehead atoms. The number of benzene rings is 9. The largest absolute Gasteiger partial charge is 0.309 e. The summed E-state index contributed by atoms with van der Waals surface area (Å²) in [5, 5.41) is 12.8. The van der Waals surface area contributed by atoms with Gasteiger partial charge in [-0.25, -0.2) is 0 Å². The molecule has 0 N–H and O–H groups in total. The summed E-state index contributed by atoms with van der Waals surface area (Å²) < 4.78 is 4.92. The van der Waals surface area contributed by atoms with Crippen LogP contribution in [0.4, 0.5) is 0 Å². The lowest BCUT2D eigenvalue weighted by molar-refractivity contribution is 1.18. The average Bonchev–Trinajstić information content (AvgIpc) is 3.72. The number of aromatic nitrogens is 2. The first-order valence-corrected chi connectivity index (χ1v) is 17.3. The predicted octanol–water partition coefficient (Wildman–Crippen LogP) is 13.0. The van der Waals surface area contributed by atoms with Crippen molar-refractivity contribution in [3.63, 3.8) is 0 Å². The Balaban J connectivity index is 1.34. The molecule has 0 amide bonds. The summed E-state index contributed by atoms with van der Waals surface area (Å²) in [6.07, 6.45) is 0. The fourth-order valence-electron chi connectivity index (χ4n) is 8.60. The van der Waals surface area contributed by atoms with E-state index in [0.29, 0.717) is 0 Å². The van der Waals surface area contributed by atoms with Crippen LogP contribution in [0.1, 0.15) is 0 Å². The van der Waals surface area contributed by atoms with Gasteiger partial charge in [-0.1, -0.05) is 140 Å². The zero-order valence-electron chi connectivity index (χ0n) is 27.2. The summed E-state index contributed by atoms with van der Waals surface area (Å²) in [5.74, 6) is 0. The first kappa shape index (κ1) is 27.3. The minimum absolute atomic E-state index is 1.16. The molecule has 0 aliphatic rings. The van der Waals surface area contributed by atoms with Crippen LogP contribution >= 0.6 is 0 Å². The van der Waals surface area contributed by atoms with Crippen molar-refractivity contribution >= 4 is 75.9 Å². The smallest absolute Gasteiger partial charge is 0.0626 e. The molecule has 0 aliphatic carbocycles. The van der Waals surface area contributed by atoms with Gasteiger partial charge in [0.2, 0.25) is 0 Å². The topological polar surface area (TPSA) is 9.86 Å². The lowest BCUT2D eigenvalue weighted by Gasteiger charge is -2.13. The maximum absolute atomic E-state index is 2.49. The van der Waals surface area contributed by atoms with Crippen LogP contribution in [0.3, 0.4) is 0 Å². The van der Waals surface area contributed by atoms with Crippen LogP contribution in [0, 0.1) is 0 Å².